The molecular formula is C22H43N5O5. The first kappa shape index (κ1) is 29.8. The fourth-order valence-corrected chi connectivity index (χ4v) is 3.02. The smallest absolute Gasteiger partial charge is 0.303 e. The van der Waals surface area contributed by atoms with Gasteiger partial charge in [0.1, 0.15) is 0 Å². The van der Waals surface area contributed by atoms with Crippen LogP contribution >= 0.6 is 0 Å². The van der Waals surface area contributed by atoms with Crippen molar-refractivity contribution in [1.82, 2.24) is 16.0 Å². The molecule has 0 saturated carbocycles. The van der Waals surface area contributed by atoms with Gasteiger partial charge < -0.3 is 31.5 Å². The predicted octanol–water partition coefficient (Wildman–Crippen LogP) is 2.58. The number of hydrogen-bond acceptors (Lipinski definition) is 8. The maximum absolute atomic E-state index is 11.9. The van der Waals surface area contributed by atoms with Crippen molar-refractivity contribution in [1.29, 1.82) is 0 Å². The molecule has 0 aliphatic heterocycles. The number of nitrogens with zero attached hydrogens (tertiary/aromatic N) is 2. The molecule has 0 aliphatic carbocycles. The zero-order valence-electron chi connectivity index (χ0n) is 20.5. The Morgan fingerprint density at radius 3 is 1.66 bits per heavy atom. The Balaban J connectivity index is 4.71. The Morgan fingerprint density at radius 2 is 1.25 bits per heavy atom. The molecule has 0 fully saturated rings. The molecule has 186 valence electrons. The van der Waals surface area contributed by atoms with E-state index in [1.165, 1.54) is 0 Å². The van der Waals surface area contributed by atoms with Crippen molar-refractivity contribution in [3.63, 3.8) is 0 Å². The Morgan fingerprint density at radius 1 is 0.812 bits per heavy atom. The van der Waals surface area contributed by atoms with Crippen molar-refractivity contribution >= 4 is 23.3 Å². The highest BCUT2D eigenvalue weighted by molar-refractivity contribution is 5.90. The molecule has 0 aromatic carbocycles. The van der Waals surface area contributed by atoms with Gasteiger partial charge in [0, 0.05) is 19.4 Å². The fraction of sp³-hybridized carbons (Fsp3) is 0.818. The average molecular weight is 458 g/mol. The second-order valence-electron chi connectivity index (χ2n) is 9.30. The number of hydrogen-bond donors (Lipinski definition) is 6. The van der Waals surface area contributed by atoms with Crippen molar-refractivity contribution in [2.24, 2.45) is 16.2 Å². The van der Waals surface area contributed by atoms with Crippen molar-refractivity contribution < 1.29 is 25.1 Å². The number of aliphatic carboxylic acids is 1. The van der Waals surface area contributed by atoms with Crippen molar-refractivity contribution in [2.45, 2.75) is 91.1 Å². The number of nitrogens with one attached hydrogen (secondary N) is 3. The highest BCUT2D eigenvalue weighted by Crippen LogP contribution is 2.15. The first-order valence-electron chi connectivity index (χ1n) is 11.2. The van der Waals surface area contributed by atoms with Crippen molar-refractivity contribution in [3.8, 4) is 0 Å². The van der Waals surface area contributed by atoms with E-state index in [9.17, 15) is 9.59 Å². The lowest BCUT2D eigenvalue weighted by Gasteiger charge is -2.28. The summed E-state index contributed by atoms with van der Waals surface area (Å²) in [4.78, 5) is 22.5. The average Bonchev–Trinajstić information content (AvgIpc) is 2.71. The molecule has 0 unspecified atom stereocenters. The molecule has 6 N–H and O–H groups in total. The summed E-state index contributed by atoms with van der Waals surface area (Å²) in [6, 6.07) is 0. The standard InChI is InChI=1S/C22H43N5O5/c1-16(26-31)21(3,4)24-14-11-18(12-15-25-22(5,6)17(2)27-32)10-13-23-19(28)8-7-9-20(29)30/h18,24-25,31-32H,7-15H2,1-6H3,(H,23,28)(H,29,30)/b26-16+,27-17+. The molecule has 0 aromatic rings. The van der Waals surface area contributed by atoms with Gasteiger partial charge in [-0.25, -0.2) is 0 Å². The third-order valence-electron chi connectivity index (χ3n) is 6.02. The van der Waals surface area contributed by atoms with Gasteiger partial charge in [-0.05, 0) is 86.2 Å². The number of carbonyl (C=O) groups is 2. The van der Waals surface area contributed by atoms with E-state index in [2.05, 4.69) is 26.3 Å². The number of oxime groups is 2. The number of amides is 1. The van der Waals surface area contributed by atoms with E-state index < -0.39 is 17.0 Å². The first-order chi connectivity index (χ1) is 14.9. The van der Waals surface area contributed by atoms with Crippen LogP contribution in [-0.2, 0) is 9.59 Å². The Hall–Kier alpha value is -2.20. The molecule has 10 nitrogen and oxygen atoms in total. The zero-order valence-corrected chi connectivity index (χ0v) is 20.5. The van der Waals surface area contributed by atoms with Crippen LogP contribution in [0.3, 0.4) is 0 Å². The molecule has 1 amide bonds. The van der Waals surface area contributed by atoms with Gasteiger partial charge in [0.25, 0.3) is 0 Å². The maximum atomic E-state index is 11.9. The second-order valence-corrected chi connectivity index (χ2v) is 9.30. The highest BCUT2D eigenvalue weighted by Gasteiger charge is 2.23. The summed E-state index contributed by atoms with van der Waals surface area (Å²) in [5, 5.41) is 43.0. The molecule has 32 heavy (non-hydrogen) atoms. The van der Waals surface area contributed by atoms with E-state index in [0.717, 1.165) is 32.4 Å². The lowest BCUT2D eigenvalue weighted by Crippen LogP contribution is -2.47. The summed E-state index contributed by atoms with van der Waals surface area (Å²) in [6.07, 6.45) is 3.06. The van der Waals surface area contributed by atoms with Crippen LogP contribution in [0.15, 0.2) is 10.3 Å². The van der Waals surface area contributed by atoms with E-state index in [1.54, 1.807) is 13.8 Å². The van der Waals surface area contributed by atoms with Crippen LogP contribution in [0.2, 0.25) is 0 Å². The summed E-state index contributed by atoms with van der Waals surface area (Å²) >= 11 is 0. The topological polar surface area (TPSA) is 156 Å². The monoisotopic (exact) mass is 457 g/mol. The van der Waals surface area contributed by atoms with E-state index in [4.69, 9.17) is 15.5 Å². The van der Waals surface area contributed by atoms with Crippen LogP contribution in [0.4, 0.5) is 0 Å². The quantitative estimate of drug-likeness (QED) is 0.111. The van der Waals surface area contributed by atoms with Crippen LogP contribution in [-0.4, -0.2) is 69.5 Å². The Bertz CT molecular complexity index is 611. The molecule has 0 radical (unpaired) electrons. The van der Waals surface area contributed by atoms with Crippen LogP contribution in [0, 0.1) is 5.92 Å². The van der Waals surface area contributed by atoms with Gasteiger partial charge in [0.15, 0.2) is 0 Å². The summed E-state index contributed by atoms with van der Waals surface area (Å²) in [5.41, 5.74) is 0.355. The number of carboxylic acids is 1. The summed E-state index contributed by atoms with van der Waals surface area (Å²) in [5.74, 6) is -0.710. The molecule has 0 spiro atoms. The van der Waals surface area contributed by atoms with Crippen molar-refractivity contribution in [2.75, 3.05) is 19.6 Å². The predicted molar refractivity (Wildman–Crippen MR) is 126 cm³/mol. The molecule has 0 heterocycles. The van der Waals surface area contributed by atoms with Crippen LogP contribution in [0.25, 0.3) is 0 Å². The Labute approximate surface area is 191 Å². The minimum atomic E-state index is -0.897. The van der Waals surface area contributed by atoms with E-state index in [-0.39, 0.29) is 18.7 Å². The third-order valence-corrected chi connectivity index (χ3v) is 6.02. The first-order valence-corrected chi connectivity index (χ1v) is 11.2. The third kappa shape index (κ3) is 12.6. The molecule has 0 atom stereocenters. The summed E-state index contributed by atoms with van der Waals surface area (Å²) in [7, 11) is 0. The molecule has 0 saturated heterocycles. The molecule has 0 bridgehead atoms. The van der Waals surface area contributed by atoms with Gasteiger partial charge in [-0.3, -0.25) is 9.59 Å². The Kier molecular flexibility index (Phi) is 13.8. The van der Waals surface area contributed by atoms with Crippen LogP contribution < -0.4 is 16.0 Å². The molecule has 0 aliphatic rings. The van der Waals surface area contributed by atoms with Gasteiger partial charge in [0.2, 0.25) is 5.91 Å². The number of rotatable bonds is 17. The molecule has 0 aromatic heterocycles. The fourth-order valence-electron chi connectivity index (χ4n) is 3.02. The SMILES string of the molecule is C/C(=N\O)C(C)(C)NCCC(CCNC(=O)CCCC(=O)O)CCNC(C)(C)/C(C)=N/O. The van der Waals surface area contributed by atoms with Crippen molar-refractivity contribution in [3.05, 3.63) is 0 Å². The molecule has 0 rings (SSSR count). The van der Waals surface area contributed by atoms with Gasteiger partial charge in [0.05, 0.1) is 22.5 Å². The van der Waals surface area contributed by atoms with Crippen LogP contribution in [0.1, 0.15) is 80.1 Å². The maximum Gasteiger partial charge on any atom is 0.303 e. The van der Waals surface area contributed by atoms with Gasteiger partial charge in [-0.2, -0.15) is 0 Å². The zero-order chi connectivity index (χ0) is 24.8. The van der Waals surface area contributed by atoms with E-state index in [1.807, 2.05) is 27.7 Å². The second kappa shape index (κ2) is 14.8. The van der Waals surface area contributed by atoms with Crippen LogP contribution in [0.5, 0.6) is 0 Å². The van der Waals surface area contributed by atoms with Gasteiger partial charge in [-0.15, -0.1) is 0 Å². The van der Waals surface area contributed by atoms with Gasteiger partial charge >= 0.3 is 5.97 Å². The molecule has 10 heteroatoms. The number of carboxylic acid groups (broad SMARTS) is 1. The molecular weight excluding hydrogens is 414 g/mol. The minimum Gasteiger partial charge on any atom is -0.481 e. The normalized spacial score (nSPS) is 14.3. The lowest BCUT2D eigenvalue weighted by atomic mass is 9.94. The minimum absolute atomic E-state index is 0.00786. The van der Waals surface area contributed by atoms with E-state index >= 15 is 0 Å². The largest absolute Gasteiger partial charge is 0.481 e. The summed E-state index contributed by atoms with van der Waals surface area (Å²) < 4.78 is 0. The van der Waals surface area contributed by atoms with Gasteiger partial charge in [-0.1, -0.05) is 10.3 Å². The highest BCUT2D eigenvalue weighted by atomic mass is 16.4. The van der Waals surface area contributed by atoms with E-state index in [0.29, 0.717) is 30.3 Å². The number of carbonyl (C=O) groups excluding carboxylic acids is 1. The summed E-state index contributed by atoms with van der Waals surface area (Å²) in [6.45, 7) is 13.3. The lowest BCUT2D eigenvalue weighted by molar-refractivity contribution is -0.137.